The standard InChI is InChI=1S/C10H17NO3/c1-8(2)11-5-6-14-9(7-11)3-4-10(12)13/h3-4,8-9H,5-7H2,1-2H3,(H,12,13)/b4-3+/t9-/m1/s1. The van der Waals surface area contributed by atoms with Gasteiger partial charge in [0.25, 0.3) is 0 Å². The number of hydrogen-bond donors (Lipinski definition) is 1. The van der Waals surface area contributed by atoms with Crippen LogP contribution in [0.25, 0.3) is 0 Å². The van der Waals surface area contributed by atoms with Gasteiger partial charge < -0.3 is 9.84 Å². The van der Waals surface area contributed by atoms with Crippen LogP contribution in [0.5, 0.6) is 0 Å². The Hall–Kier alpha value is -0.870. The van der Waals surface area contributed by atoms with Gasteiger partial charge in [-0.15, -0.1) is 0 Å². The van der Waals surface area contributed by atoms with E-state index in [9.17, 15) is 4.79 Å². The summed E-state index contributed by atoms with van der Waals surface area (Å²) in [6, 6.07) is 0.486. The summed E-state index contributed by atoms with van der Waals surface area (Å²) in [7, 11) is 0. The molecule has 0 aliphatic carbocycles. The molecule has 0 bridgehead atoms. The molecular weight excluding hydrogens is 182 g/mol. The van der Waals surface area contributed by atoms with Crippen molar-refractivity contribution in [2.24, 2.45) is 0 Å². The quantitative estimate of drug-likeness (QED) is 0.681. The highest BCUT2D eigenvalue weighted by Crippen LogP contribution is 2.09. The number of carboxylic acid groups (broad SMARTS) is 1. The van der Waals surface area contributed by atoms with Crippen LogP contribution in [0.4, 0.5) is 0 Å². The fourth-order valence-electron chi connectivity index (χ4n) is 1.47. The van der Waals surface area contributed by atoms with Crippen molar-refractivity contribution in [2.75, 3.05) is 19.7 Å². The number of aliphatic carboxylic acids is 1. The first-order valence-electron chi connectivity index (χ1n) is 4.86. The average Bonchev–Trinajstić information content (AvgIpc) is 2.15. The monoisotopic (exact) mass is 199 g/mol. The molecule has 0 unspecified atom stereocenters. The SMILES string of the molecule is CC(C)N1CCO[C@H](/C=C/C(=O)O)C1. The van der Waals surface area contributed by atoms with Gasteiger partial charge in [-0.2, -0.15) is 0 Å². The zero-order chi connectivity index (χ0) is 10.6. The molecule has 0 amide bonds. The molecule has 0 radical (unpaired) electrons. The summed E-state index contributed by atoms with van der Waals surface area (Å²) in [6.45, 7) is 6.63. The van der Waals surface area contributed by atoms with Crippen molar-refractivity contribution in [1.82, 2.24) is 4.90 Å². The smallest absolute Gasteiger partial charge is 0.328 e. The number of carboxylic acids is 1. The largest absolute Gasteiger partial charge is 0.478 e. The summed E-state index contributed by atoms with van der Waals surface area (Å²) in [5, 5.41) is 8.46. The molecule has 1 N–H and O–H groups in total. The van der Waals surface area contributed by atoms with E-state index in [1.807, 2.05) is 0 Å². The normalized spacial score (nSPS) is 24.6. The lowest BCUT2D eigenvalue weighted by Crippen LogP contribution is -2.45. The Labute approximate surface area is 84.2 Å². The summed E-state index contributed by atoms with van der Waals surface area (Å²) in [6.07, 6.45) is 2.67. The molecule has 1 fully saturated rings. The zero-order valence-electron chi connectivity index (χ0n) is 8.64. The first-order chi connectivity index (χ1) is 6.59. The van der Waals surface area contributed by atoms with E-state index in [0.29, 0.717) is 12.6 Å². The maximum Gasteiger partial charge on any atom is 0.328 e. The third kappa shape index (κ3) is 3.47. The average molecular weight is 199 g/mol. The van der Waals surface area contributed by atoms with Crippen LogP contribution >= 0.6 is 0 Å². The highest BCUT2D eigenvalue weighted by atomic mass is 16.5. The van der Waals surface area contributed by atoms with Crippen LogP contribution in [0.2, 0.25) is 0 Å². The lowest BCUT2D eigenvalue weighted by atomic mass is 10.2. The van der Waals surface area contributed by atoms with Crippen molar-refractivity contribution in [3.05, 3.63) is 12.2 Å². The van der Waals surface area contributed by atoms with Crippen LogP contribution in [-0.4, -0.2) is 47.8 Å². The van der Waals surface area contributed by atoms with E-state index in [1.54, 1.807) is 6.08 Å². The van der Waals surface area contributed by atoms with Crippen LogP contribution in [-0.2, 0) is 9.53 Å². The molecule has 80 valence electrons. The number of nitrogens with zero attached hydrogens (tertiary/aromatic N) is 1. The Kier molecular flexibility index (Phi) is 4.10. The molecule has 1 aliphatic rings. The van der Waals surface area contributed by atoms with Crippen LogP contribution in [0, 0.1) is 0 Å². The van der Waals surface area contributed by atoms with Gasteiger partial charge in [0, 0.05) is 25.2 Å². The number of ether oxygens (including phenoxy) is 1. The van der Waals surface area contributed by atoms with Crippen molar-refractivity contribution >= 4 is 5.97 Å². The summed E-state index contributed by atoms with van der Waals surface area (Å²) >= 11 is 0. The van der Waals surface area contributed by atoms with Gasteiger partial charge >= 0.3 is 5.97 Å². The van der Waals surface area contributed by atoms with Gasteiger partial charge in [-0.25, -0.2) is 4.79 Å². The molecule has 4 nitrogen and oxygen atoms in total. The summed E-state index contributed by atoms with van der Waals surface area (Å²) in [4.78, 5) is 12.6. The number of hydrogen-bond acceptors (Lipinski definition) is 3. The van der Waals surface area contributed by atoms with E-state index in [2.05, 4.69) is 18.7 Å². The molecule has 0 aromatic rings. The summed E-state index contributed by atoms with van der Waals surface area (Å²) in [5.74, 6) is -0.921. The molecular formula is C10H17NO3. The molecule has 1 atom stereocenters. The molecule has 1 aliphatic heterocycles. The predicted octanol–water partition coefficient (Wildman–Crippen LogP) is 0.736. The Bertz CT molecular complexity index is 225. The molecule has 4 heteroatoms. The maximum atomic E-state index is 10.3. The van der Waals surface area contributed by atoms with Crippen molar-refractivity contribution in [3.63, 3.8) is 0 Å². The van der Waals surface area contributed by atoms with E-state index in [-0.39, 0.29) is 6.10 Å². The molecule has 0 aromatic heterocycles. The lowest BCUT2D eigenvalue weighted by molar-refractivity contribution is -0.131. The van der Waals surface area contributed by atoms with Crippen molar-refractivity contribution in [1.29, 1.82) is 0 Å². The predicted molar refractivity (Wildman–Crippen MR) is 53.2 cm³/mol. The number of rotatable bonds is 3. The lowest BCUT2D eigenvalue weighted by Gasteiger charge is -2.34. The Morgan fingerprint density at radius 3 is 2.93 bits per heavy atom. The van der Waals surface area contributed by atoms with Gasteiger partial charge in [0.1, 0.15) is 0 Å². The summed E-state index contributed by atoms with van der Waals surface area (Å²) < 4.78 is 5.42. The number of morpholine rings is 1. The highest BCUT2D eigenvalue weighted by molar-refractivity contribution is 5.79. The maximum absolute atomic E-state index is 10.3. The van der Waals surface area contributed by atoms with Gasteiger partial charge in [0.15, 0.2) is 0 Å². The minimum absolute atomic E-state index is 0.0813. The van der Waals surface area contributed by atoms with E-state index >= 15 is 0 Å². The van der Waals surface area contributed by atoms with Crippen LogP contribution < -0.4 is 0 Å². The second-order valence-electron chi connectivity index (χ2n) is 3.70. The highest BCUT2D eigenvalue weighted by Gasteiger charge is 2.20. The van der Waals surface area contributed by atoms with Crippen LogP contribution in [0.1, 0.15) is 13.8 Å². The fraction of sp³-hybridized carbons (Fsp3) is 0.700. The van der Waals surface area contributed by atoms with Crippen molar-refractivity contribution in [3.8, 4) is 0 Å². The Balaban J connectivity index is 2.44. The topological polar surface area (TPSA) is 49.8 Å². The van der Waals surface area contributed by atoms with Crippen molar-refractivity contribution < 1.29 is 14.6 Å². The first kappa shape index (κ1) is 11.2. The van der Waals surface area contributed by atoms with E-state index in [4.69, 9.17) is 9.84 Å². The minimum Gasteiger partial charge on any atom is -0.478 e. The van der Waals surface area contributed by atoms with Gasteiger partial charge in [0.2, 0.25) is 0 Å². The van der Waals surface area contributed by atoms with Gasteiger partial charge in [-0.05, 0) is 19.9 Å². The van der Waals surface area contributed by atoms with Crippen LogP contribution in [0.3, 0.4) is 0 Å². The molecule has 14 heavy (non-hydrogen) atoms. The third-order valence-electron chi connectivity index (χ3n) is 2.31. The molecule has 1 heterocycles. The fourth-order valence-corrected chi connectivity index (χ4v) is 1.47. The van der Waals surface area contributed by atoms with Crippen LogP contribution in [0.15, 0.2) is 12.2 Å². The second kappa shape index (κ2) is 5.12. The Morgan fingerprint density at radius 1 is 1.64 bits per heavy atom. The number of carbonyl (C=O) groups is 1. The minimum atomic E-state index is -0.921. The molecule has 1 saturated heterocycles. The van der Waals surface area contributed by atoms with Gasteiger partial charge in [0.05, 0.1) is 12.7 Å². The molecule has 0 saturated carbocycles. The third-order valence-corrected chi connectivity index (χ3v) is 2.31. The van der Waals surface area contributed by atoms with E-state index in [0.717, 1.165) is 19.2 Å². The Morgan fingerprint density at radius 2 is 2.36 bits per heavy atom. The zero-order valence-corrected chi connectivity index (χ0v) is 8.64. The van der Waals surface area contributed by atoms with E-state index < -0.39 is 5.97 Å². The van der Waals surface area contributed by atoms with E-state index in [1.165, 1.54) is 0 Å². The molecule has 0 spiro atoms. The molecule has 1 rings (SSSR count). The van der Waals surface area contributed by atoms with Gasteiger partial charge in [-0.1, -0.05) is 0 Å². The van der Waals surface area contributed by atoms with Crippen molar-refractivity contribution in [2.45, 2.75) is 26.0 Å². The summed E-state index contributed by atoms with van der Waals surface area (Å²) in [5.41, 5.74) is 0. The second-order valence-corrected chi connectivity index (χ2v) is 3.70. The first-order valence-corrected chi connectivity index (χ1v) is 4.86. The molecule has 0 aromatic carbocycles. The van der Waals surface area contributed by atoms with Gasteiger partial charge in [-0.3, -0.25) is 4.90 Å².